The van der Waals surface area contributed by atoms with Crippen LogP contribution in [0.4, 0.5) is 0 Å². The molecule has 3 aliphatic heterocycles. The quantitative estimate of drug-likeness (QED) is 0.136. The van der Waals surface area contributed by atoms with Crippen molar-refractivity contribution < 1.29 is 77.8 Å². The lowest BCUT2D eigenvalue weighted by molar-refractivity contribution is -0.353. The molecule has 0 amide bonds. The number of esters is 3. The lowest BCUT2D eigenvalue weighted by atomic mass is 9.42. The van der Waals surface area contributed by atoms with Crippen molar-refractivity contribution in [2.24, 2.45) is 34.5 Å². The van der Waals surface area contributed by atoms with E-state index in [1.54, 1.807) is 12.1 Å². The molecule has 6 fully saturated rings. The molecule has 1 aromatic carbocycles. The fourth-order valence-corrected chi connectivity index (χ4v) is 12.1. The highest BCUT2D eigenvalue weighted by molar-refractivity contribution is 5.89. The number of benzene rings is 1. The van der Waals surface area contributed by atoms with Crippen molar-refractivity contribution in [1.29, 1.82) is 0 Å². The third-order valence-corrected chi connectivity index (χ3v) is 15.3. The highest BCUT2D eigenvalue weighted by atomic mass is 16.7. The van der Waals surface area contributed by atoms with Gasteiger partial charge >= 0.3 is 17.9 Å². The van der Waals surface area contributed by atoms with Crippen molar-refractivity contribution in [1.82, 2.24) is 0 Å². The summed E-state index contributed by atoms with van der Waals surface area (Å²) in [6.45, 7) is 4.84. The largest absolute Gasteiger partial charge is 0.497 e. The zero-order chi connectivity index (χ0) is 42.0. The fraction of sp³-hybridized carbons (Fsp3) is 0.744. The molecule has 16 heteroatoms. The predicted molar refractivity (Wildman–Crippen MR) is 202 cm³/mol. The van der Waals surface area contributed by atoms with Crippen LogP contribution in [0.15, 0.2) is 35.9 Å². The Bertz CT molecular complexity index is 1770. The molecule has 326 valence electrons. The maximum atomic E-state index is 13.3. The van der Waals surface area contributed by atoms with Gasteiger partial charge in [-0.1, -0.05) is 13.8 Å². The number of carbonyl (C=O) groups is 3. The van der Waals surface area contributed by atoms with E-state index < -0.39 is 90.8 Å². The van der Waals surface area contributed by atoms with Gasteiger partial charge in [-0.25, -0.2) is 9.59 Å². The number of ether oxygens (including phenoxy) is 8. The molecule has 4 aliphatic carbocycles. The average Bonchev–Trinajstić information content (AvgIpc) is 3.76. The first-order valence-corrected chi connectivity index (χ1v) is 21.0. The van der Waals surface area contributed by atoms with E-state index in [-0.39, 0.29) is 54.0 Å². The molecular formula is C43H58O16. The van der Waals surface area contributed by atoms with Gasteiger partial charge in [0.2, 0.25) is 0 Å². The Balaban J connectivity index is 1.10. The first-order chi connectivity index (χ1) is 28.1. The maximum Gasteiger partial charge on any atom is 0.338 e. The zero-order valence-electron chi connectivity index (χ0n) is 34.0. The molecule has 17 atom stereocenters. The normalized spacial score (nSPS) is 45.6. The van der Waals surface area contributed by atoms with Gasteiger partial charge in [0.15, 0.2) is 24.8 Å². The summed E-state index contributed by atoms with van der Waals surface area (Å²) >= 11 is 0. The van der Waals surface area contributed by atoms with Crippen LogP contribution in [0.1, 0.15) is 82.5 Å². The molecule has 2 saturated heterocycles. The van der Waals surface area contributed by atoms with E-state index in [2.05, 4.69) is 6.92 Å². The summed E-state index contributed by atoms with van der Waals surface area (Å²) < 4.78 is 47.3. The standard InChI is InChI=1S/C43H58O16/c1-21(44)56-37-35(59-39-36(34(49)30(46)19-54-39)58-38(50)22-5-8-26(52-4)9-6-22)31(47)20-55-40(37)57-32-17-29-28(10-7-24-16-25(45)11-13-41(24,29)2)43(51)14-12-27(42(32,43)3)23-15-33(48)53-18-23/h5-6,8-9,15,24-25,27-32,34-37,39-40,45-47,49,51H,7,10-14,16-20H2,1-4H3/t24?,25-,27-,28+,29-,30+,31-,32+,34-,35-,36+,37+,39-,40-,41-,42-,43+/m0/s1. The van der Waals surface area contributed by atoms with Crippen molar-refractivity contribution in [3.63, 3.8) is 0 Å². The Hall–Kier alpha value is -3.19. The molecule has 1 unspecified atom stereocenters. The number of hydrogen-bond acceptors (Lipinski definition) is 16. The lowest BCUT2D eigenvalue weighted by Crippen LogP contribution is -2.69. The summed E-state index contributed by atoms with van der Waals surface area (Å²) in [5, 5.41) is 56.9. The van der Waals surface area contributed by atoms with Crippen LogP contribution in [0.25, 0.3) is 0 Å². The van der Waals surface area contributed by atoms with Gasteiger partial charge in [0, 0.05) is 18.4 Å². The first-order valence-electron chi connectivity index (χ1n) is 21.0. The third-order valence-electron chi connectivity index (χ3n) is 15.3. The Morgan fingerprint density at radius 3 is 2.20 bits per heavy atom. The van der Waals surface area contributed by atoms with E-state index in [4.69, 9.17) is 37.9 Å². The molecule has 0 aromatic heterocycles. The number of fused-ring (bicyclic) bond motifs is 5. The zero-order valence-corrected chi connectivity index (χ0v) is 34.0. The minimum Gasteiger partial charge on any atom is -0.497 e. The van der Waals surface area contributed by atoms with Crippen molar-refractivity contribution in [3.05, 3.63) is 41.5 Å². The second-order valence-electron chi connectivity index (χ2n) is 18.2. The molecular weight excluding hydrogens is 772 g/mol. The van der Waals surface area contributed by atoms with Crippen molar-refractivity contribution in [2.75, 3.05) is 26.9 Å². The molecule has 5 N–H and O–H groups in total. The Labute approximate surface area is 343 Å². The summed E-state index contributed by atoms with van der Waals surface area (Å²) in [6, 6.07) is 6.05. The van der Waals surface area contributed by atoms with Crippen LogP contribution in [0, 0.1) is 34.5 Å². The predicted octanol–water partition coefficient (Wildman–Crippen LogP) is 1.95. The van der Waals surface area contributed by atoms with E-state index in [9.17, 15) is 39.9 Å². The minimum absolute atomic E-state index is 0.00381. The highest BCUT2D eigenvalue weighted by Crippen LogP contribution is 2.70. The fourth-order valence-electron chi connectivity index (χ4n) is 12.1. The molecule has 59 heavy (non-hydrogen) atoms. The van der Waals surface area contributed by atoms with Crippen LogP contribution >= 0.6 is 0 Å². The van der Waals surface area contributed by atoms with Gasteiger partial charge in [0.05, 0.1) is 43.7 Å². The summed E-state index contributed by atoms with van der Waals surface area (Å²) in [5.41, 5.74) is -1.48. The SMILES string of the molecule is COc1ccc(C(=O)O[C@H]2[C@H](O[C@@H]3[C@@H](OC(C)=O)[C@H](O[C@@H]4C[C@H]5[C@@H](CCC6C[C@@H](O)CC[C@@]65C)[C@]5(O)CC[C@@H](C6=CC(=O)OC6)[C@@]45C)OC[C@@H]3O)OC[C@@H](O)[C@@H]2O)cc1. The molecule has 7 aliphatic rings. The van der Waals surface area contributed by atoms with Gasteiger partial charge in [-0.05, 0) is 110 Å². The molecule has 4 saturated carbocycles. The molecule has 1 aromatic rings. The van der Waals surface area contributed by atoms with E-state index in [0.717, 1.165) is 24.8 Å². The van der Waals surface area contributed by atoms with Crippen LogP contribution in [0.5, 0.6) is 5.75 Å². The van der Waals surface area contributed by atoms with Gasteiger partial charge in [-0.2, -0.15) is 0 Å². The van der Waals surface area contributed by atoms with Crippen LogP contribution in [0.2, 0.25) is 0 Å². The number of hydrogen-bond donors (Lipinski definition) is 5. The maximum absolute atomic E-state index is 13.3. The monoisotopic (exact) mass is 830 g/mol. The Morgan fingerprint density at radius 2 is 1.53 bits per heavy atom. The van der Waals surface area contributed by atoms with Crippen molar-refractivity contribution in [2.45, 2.75) is 139 Å². The molecule has 16 nitrogen and oxygen atoms in total. The second kappa shape index (κ2) is 16.3. The van der Waals surface area contributed by atoms with Crippen LogP contribution in [0.3, 0.4) is 0 Å². The Morgan fingerprint density at radius 1 is 0.814 bits per heavy atom. The smallest absolute Gasteiger partial charge is 0.338 e. The molecule has 0 radical (unpaired) electrons. The summed E-state index contributed by atoms with van der Waals surface area (Å²) in [4.78, 5) is 38.5. The molecule has 3 heterocycles. The summed E-state index contributed by atoms with van der Waals surface area (Å²) in [6.07, 6.45) is -6.03. The molecule has 0 bridgehead atoms. The topological polar surface area (TPSA) is 226 Å². The highest BCUT2D eigenvalue weighted by Gasteiger charge is 2.72. The number of aliphatic hydroxyl groups is 5. The number of carbonyl (C=O) groups excluding carboxylic acids is 3. The summed E-state index contributed by atoms with van der Waals surface area (Å²) in [5.74, 6) is -1.64. The average molecular weight is 831 g/mol. The van der Waals surface area contributed by atoms with Gasteiger partial charge in [-0.3, -0.25) is 4.79 Å². The van der Waals surface area contributed by atoms with E-state index in [1.165, 1.54) is 32.2 Å². The van der Waals surface area contributed by atoms with E-state index >= 15 is 0 Å². The van der Waals surface area contributed by atoms with Crippen molar-refractivity contribution in [3.8, 4) is 5.75 Å². The van der Waals surface area contributed by atoms with E-state index in [1.807, 2.05) is 6.92 Å². The van der Waals surface area contributed by atoms with Crippen LogP contribution in [-0.2, 0) is 42.7 Å². The number of rotatable bonds is 9. The number of methoxy groups -OCH3 is 1. The first kappa shape index (κ1) is 42.5. The van der Waals surface area contributed by atoms with E-state index in [0.29, 0.717) is 37.9 Å². The van der Waals surface area contributed by atoms with Gasteiger partial charge in [0.1, 0.15) is 36.8 Å². The van der Waals surface area contributed by atoms with Gasteiger partial charge < -0.3 is 63.4 Å². The van der Waals surface area contributed by atoms with Gasteiger partial charge in [0.25, 0.3) is 0 Å². The van der Waals surface area contributed by atoms with Crippen molar-refractivity contribution >= 4 is 17.9 Å². The Kier molecular flexibility index (Phi) is 11.7. The van der Waals surface area contributed by atoms with Gasteiger partial charge in [-0.15, -0.1) is 0 Å². The molecule has 8 rings (SSSR count). The van der Waals surface area contributed by atoms with Crippen LogP contribution < -0.4 is 4.74 Å². The minimum atomic E-state index is -1.65. The lowest BCUT2D eigenvalue weighted by Gasteiger charge is -2.65. The number of aliphatic hydroxyl groups excluding tert-OH is 4. The molecule has 0 spiro atoms. The summed E-state index contributed by atoms with van der Waals surface area (Å²) in [7, 11) is 1.48. The number of cyclic esters (lactones) is 1. The third kappa shape index (κ3) is 7.39. The second-order valence-corrected chi connectivity index (χ2v) is 18.2. The van der Waals surface area contributed by atoms with Crippen LogP contribution in [-0.4, -0.2) is 137 Å².